The van der Waals surface area contributed by atoms with Crippen LogP contribution in [0.25, 0.3) is 0 Å². The highest BCUT2D eigenvalue weighted by molar-refractivity contribution is 5.32. The summed E-state index contributed by atoms with van der Waals surface area (Å²) in [4.78, 5) is 0. The minimum atomic E-state index is -1.13. The highest BCUT2D eigenvalue weighted by Crippen LogP contribution is 2.25. The first-order valence-electron chi connectivity index (χ1n) is 4.59. The molecule has 1 atom stereocenters. The molecule has 2 rings (SSSR count). The van der Waals surface area contributed by atoms with Crippen LogP contribution in [-0.4, -0.2) is 27.6 Å². The number of nitrogens with one attached hydrogen (secondary N) is 1. The highest BCUT2D eigenvalue weighted by atomic mass is 19.1. The standard InChI is InChI=1S/C10H10FN3O2/c1-16-6-2-3-7(8(11)4-6)10(15)9-5-12-14-13-9/h2-5,10,15H,1H3,(H,12,13,14). The van der Waals surface area contributed by atoms with Crippen LogP contribution >= 0.6 is 0 Å². The number of hydrogen-bond acceptors (Lipinski definition) is 4. The van der Waals surface area contributed by atoms with E-state index in [1.54, 1.807) is 6.07 Å². The van der Waals surface area contributed by atoms with Crippen molar-refractivity contribution in [3.63, 3.8) is 0 Å². The van der Waals surface area contributed by atoms with Crippen LogP contribution in [0.15, 0.2) is 24.4 Å². The Labute approximate surface area is 90.9 Å². The molecule has 84 valence electrons. The Morgan fingerprint density at radius 2 is 2.31 bits per heavy atom. The zero-order valence-corrected chi connectivity index (χ0v) is 8.51. The average molecular weight is 223 g/mol. The molecule has 0 spiro atoms. The number of hydrogen-bond donors (Lipinski definition) is 2. The Kier molecular flexibility index (Phi) is 2.82. The number of aliphatic hydroxyl groups is 1. The summed E-state index contributed by atoms with van der Waals surface area (Å²) in [5.74, 6) is -0.150. The summed E-state index contributed by atoms with van der Waals surface area (Å²) in [6.45, 7) is 0. The summed E-state index contributed by atoms with van der Waals surface area (Å²) in [6, 6.07) is 4.23. The maximum absolute atomic E-state index is 13.6. The van der Waals surface area contributed by atoms with Crippen molar-refractivity contribution in [1.82, 2.24) is 15.4 Å². The molecule has 5 nitrogen and oxygen atoms in total. The third-order valence-corrected chi connectivity index (χ3v) is 2.22. The van der Waals surface area contributed by atoms with Gasteiger partial charge < -0.3 is 9.84 Å². The molecule has 2 aromatic rings. The van der Waals surface area contributed by atoms with E-state index in [0.29, 0.717) is 5.75 Å². The van der Waals surface area contributed by atoms with Gasteiger partial charge in [0, 0.05) is 11.6 Å². The van der Waals surface area contributed by atoms with E-state index in [1.165, 1.54) is 25.4 Å². The van der Waals surface area contributed by atoms with Crippen LogP contribution in [0.5, 0.6) is 5.75 Å². The normalized spacial score (nSPS) is 12.4. The predicted octanol–water partition coefficient (Wildman–Crippen LogP) is 1.03. The maximum Gasteiger partial charge on any atom is 0.133 e. The molecular weight excluding hydrogens is 213 g/mol. The van der Waals surface area contributed by atoms with E-state index in [0.717, 1.165) is 0 Å². The lowest BCUT2D eigenvalue weighted by atomic mass is 10.1. The first-order valence-corrected chi connectivity index (χ1v) is 4.59. The number of aliphatic hydroxyl groups excluding tert-OH is 1. The number of benzene rings is 1. The van der Waals surface area contributed by atoms with Crippen LogP contribution in [0.2, 0.25) is 0 Å². The average Bonchev–Trinajstić information content (AvgIpc) is 2.81. The number of rotatable bonds is 3. The molecule has 0 saturated carbocycles. The summed E-state index contributed by atoms with van der Waals surface area (Å²) >= 11 is 0. The molecule has 6 heteroatoms. The second-order valence-electron chi connectivity index (χ2n) is 3.18. The Hall–Kier alpha value is -1.95. The monoisotopic (exact) mass is 223 g/mol. The molecule has 0 bridgehead atoms. The van der Waals surface area contributed by atoms with Gasteiger partial charge in [0.05, 0.1) is 13.3 Å². The second kappa shape index (κ2) is 4.28. The SMILES string of the molecule is COc1ccc(C(O)c2cn[nH]n2)c(F)c1. The molecule has 0 radical (unpaired) electrons. The highest BCUT2D eigenvalue weighted by Gasteiger charge is 2.17. The lowest BCUT2D eigenvalue weighted by Crippen LogP contribution is -2.03. The fourth-order valence-electron chi connectivity index (χ4n) is 1.36. The molecule has 0 saturated heterocycles. The van der Waals surface area contributed by atoms with Crippen LogP contribution in [0, 0.1) is 5.82 Å². The number of ether oxygens (including phenoxy) is 1. The van der Waals surface area contributed by atoms with Crippen molar-refractivity contribution in [2.45, 2.75) is 6.10 Å². The van der Waals surface area contributed by atoms with Gasteiger partial charge in [0.15, 0.2) is 0 Å². The van der Waals surface area contributed by atoms with Gasteiger partial charge in [0.2, 0.25) is 0 Å². The predicted molar refractivity (Wildman–Crippen MR) is 53.4 cm³/mol. The largest absolute Gasteiger partial charge is 0.497 e. The van der Waals surface area contributed by atoms with Crippen molar-refractivity contribution < 1.29 is 14.2 Å². The van der Waals surface area contributed by atoms with Gasteiger partial charge in [-0.05, 0) is 12.1 Å². The van der Waals surface area contributed by atoms with E-state index in [1.807, 2.05) is 0 Å². The number of halogens is 1. The topological polar surface area (TPSA) is 71.0 Å². The third kappa shape index (κ3) is 1.87. The van der Waals surface area contributed by atoms with E-state index in [9.17, 15) is 9.50 Å². The van der Waals surface area contributed by atoms with Crippen LogP contribution in [-0.2, 0) is 0 Å². The molecular formula is C10H10FN3O2. The number of H-pyrrole nitrogens is 1. The van der Waals surface area contributed by atoms with Crippen LogP contribution in [0.1, 0.15) is 17.4 Å². The maximum atomic E-state index is 13.6. The minimum absolute atomic E-state index is 0.134. The zero-order chi connectivity index (χ0) is 11.5. The summed E-state index contributed by atoms with van der Waals surface area (Å²) in [6.07, 6.45) is 0.207. The molecule has 1 aromatic heterocycles. The first kappa shape index (κ1) is 10.6. The summed E-state index contributed by atoms with van der Waals surface area (Å²) in [5.41, 5.74) is 0.402. The molecule has 2 N–H and O–H groups in total. The van der Waals surface area contributed by atoms with Crippen molar-refractivity contribution in [1.29, 1.82) is 0 Å². The number of nitrogens with zero attached hydrogens (tertiary/aromatic N) is 2. The Morgan fingerprint density at radius 3 is 2.88 bits per heavy atom. The third-order valence-electron chi connectivity index (χ3n) is 2.22. The molecule has 0 aliphatic heterocycles. The second-order valence-corrected chi connectivity index (χ2v) is 3.18. The van der Waals surface area contributed by atoms with Gasteiger partial charge >= 0.3 is 0 Å². The quantitative estimate of drug-likeness (QED) is 0.815. The molecule has 1 unspecified atom stereocenters. The van der Waals surface area contributed by atoms with Crippen LogP contribution in [0.3, 0.4) is 0 Å². The number of methoxy groups -OCH3 is 1. The van der Waals surface area contributed by atoms with E-state index < -0.39 is 11.9 Å². The van der Waals surface area contributed by atoms with E-state index in [2.05, 4.69) is 15.4 Å². The van der Waals surface area contributed by atoms with Gasteiger partial charge in [0.25, 0.3) is 0 Å². The first-order chi connectivity index (χ1) is 7.72. The van der Waals surface area contributed by atoms with E-state index in [-0.39, 0.29) is 11.3 Å². The van der Waals surface area contributed by atoms with Gasteiger partial charge in [0.1, 0.15) is 23.4 Å². The fourth-order valence-corrected chi connectivity index (χ4v) is 1.36. The van der Waals surface area contributed by atoms with Crippen molar-refractivity contribution in [3.05, 3.63) is 41.5 Å². The van der Waals surface area contributed by atoms with Gasteiger partial charge in [-0.25, -0.2) is 4.39 Å². The lowest BCUT2D eigenvalue weighted by Gasteiger charge is -2.09. The summed E-state index contributed by atoms with van der Waals surface area (Å²) in [7, 11) is 1.45. The molecule has 0 aliphatic rings. The molecule has 0 aliphatic carbocycles. The zero-order valence-electron chi connectivity index (χ0n) is 8.51. The smallest absolute Gasteiger partial charge is 0.133 e. The summed E-state index contributed by atoms with van der Waals surface area (Å²) in [5, 5.41) is 19.4. The van der Waals surface area contributed by atoms with Crippen LogP contribution < -0.4 is 4.74 Å². The van der Waals surface area contributed by atoms with E-state index >= 15 is 0 Å². The Balaban J connectivity index is 2.34. The van der Waals surface area contributed by atoms with Gasteiger partial charge in [-0.3, -0.25) is 0 Å². The Morgan fingerprint density at radius 1 is 1.50 bits per heavy atom. The van der Waals surface area contributed by atoms with Crippen molar-refractivity contribution in [2.75, 3.05) is 7.11 Å². The molecule has 0 fully saturated rings. The van der Waals surface area contributed by atoms with Gasteiger partial charge in [-0.1, -0.05) is 0 Å². The van der Waals surface area contributed by atoms with Gasteiger partial charge in [-0.2, -0.15) is 15.4 Å². The molecule has 1 aromatic carbocycles. The molecule has 1 heterocycles. The minimum Gasteiger partial charge on any atom is -0.497 e. The van der Waals surface area contributed by atoms with E-state index in [4.69, 9.17) is 4.74 Å². The number of aromatic nitrogens is 3. The summed E-state index contributed by atoms with van der Waals surface area (Å²) < 4.78 is 18.4. The van der Waals surface area contributed by atoms with Gasteiger partial charge in [-0.15, -0.1) is 0 Å². The molecule has 16 heavy (non-hydrogen) atoms. The molecule has 0 amide bonds. The number of aromatic amines is 1. The van der Waals surface area contributed by atoms with Crippen LogP contribution in [0.4, 0.5) is 4.39 Å². The van der Waals surface area contributed by atoms with Crippen molar-refractivity contribution >= 4 is 0 Å². The Bertz CT molecular complexity index is 473. The van der Waals surface area contributed by atoms with Crippen molar-refractivity contribution in [3.8, 4) is 5.75 Å². The van der Waals surface area contributed by atoms with Crippen molar-refractivity contribution in [2.24, 2.45) is 0 Å². The lowest BCUT2D eigenvalue weighted by molar-refractivity contribution is 0.209. The fraction of sp³-hybridized carbons (Fsp3) is 0.200.